The third-order valence-corrected chi connectivity index (χ3v) is 5.46. The predicted octanol–water partition coefficient (Wildman–Crippen LogP) is 2.56. The molecular weight excluding hydrogens is 356 g/mol. The van der Waals surface area contributed by atoms with Crippen LogP contribution in [0.15, 0.2) is 18.2 Å². The molecule has 1 aromatic carbocycles. The molecule has 28 heavy (non-hydrogen) atoms. The minimum absolute atomic E-state index is 0.0975. The molecule has 2 aliphatic rings. The topological polar surface area (TPSA) is 76.5 Å². The predicted molar refractivity (Wildman–Crippen MR) is 106 cm³/mol. The number of ether oxygens (including phenoxy) is 1. The van der Waals surface area contributed by atoms with Crippen LogP contribution in [0, 0.1) is 13.8 Å². The van der Waals surface area contributed by atoms with Crippen LogP contribution in [-0.4, -0.2) is 52.6 Å². The van der Waals surface area contributed by atoms with Crippen molar-refractivity contribution in [3.63, 3.8) is 0 Å². The first-order chi connectivity index (χ1) is 13.5. The van der Waals surface area contributed by atoms with Crippen molar-refractivity contribution >= 4 is 17.5 Å². The van der Waals surface area contributed by atoms with Crippen LogP contribution in [0.2, 0.25) is 0 Å². The summed E-state index contributed by atoms with van der Waals surface area (Å²) in [6, 6.07) is 5.95. The van der Waals surface area contributed by atoms with E-state index < -0.39 is 0 Å². The summed E-state index contributed by atoms with van der Waals surface area (Å²) >= 11 is 0. The van der Waals surface area contributed by atoms with Crippen molar-refractivity contribution in [3.8, 4) is 0 Å². The Balaban J connectivity index is 1.65. The van der Waals surface area contributed by atoms with Crippen LogP contribution >= 0.6 is 0 Å². The molecule has 148 valence electrons. The molecule has 1 N–H and O–H groups in total. The quantitative estimate of drug-likeness (QED) is 0.885. The summed E-state index contributed by atoms with van der Waals surface area (Å²) in [6.45, 7) is 6.89. The number of fused-ring (bicyclic) bond motifs is 1. The second kappa shape index (κ2) is 7.75. The zero-order valence-corrected chi connectivity index (χ0v) is 16.5. The van der Waals surface area contributed by atoms with Gasteiger partial charge >= 0.3 is 0 Å². The maximum absolute atomic E-state index is 13.0. The van der Waals surface area contributed by atoms with E-state index in [0.29, 0.717) is 44.4 Å². The molecule has 0 saturated carbocycles. The molecule has 0 bridgehead atoms. The second-order valence-corrected chi connectivity index (χ2v) is 7.52. The lowest BCUT2D eigenvalue weighted by Gasteiger charge is -2.26. The van der Waals surface area contributed by atoms with Gasteiger partial charge in [0.05, 0.1) is 18.9 Å². The first kappa shape index (κ1) is 18.7. The summed E-state index contributed by atoms with van der Waals surface area (Å²) in [4.78, 5) is 32.4. The Morgan fingerprint density at radius 2 is 1.89 bits per heavy atom. The minimum Gasteiger partial charge on any atom is -0.378 e. The largest absolute Gasteiger partial charge is 0.378 e. The number of carbonyl (C=O) groups is 2. The lowest BCUT2D eigenvalue weighted by Crippen LogP contribution is -2.41. The van der Waals surface area contributed by atoms with Gasteiger partial charge in [-0.15, -0.1) is 0 Å². The number of nitrogens with zero attached hydrogens (tertiary/aromatic N) is 3. The van der Waals surface area contributed by atoms with Gasteiger partial charge in [-0.25, -0.2) is 4.98 Å². The molecule has 1 saturated heterocycles. The molecule has 0 spiro atoms. The van der Waals surface area contributed by atoms with Crippen LogP contribution in [0.5, 0.6) is 0 Å². The van der Waals surface area contributed by atoms with E-state index in [-0.39, 0.29) is 11.8 Å². The highest BCUT2D eigenvalue weighted by Gasteiger charge is 2.30. The Morgan fingerprint density at radius 3 is 2.68 bits per heavy atom. The van der Waals surface area contributed by atoms with Crippen LogP contribution in [0.3, 0.4) is 0 Å². The van der Waals surface area contributed by atoms with E-state index in [1.54, 1.807) is 4.90 Å². The minimum atomic E-state index is -0.266. The lowest BCUT2D eigenvalue weighted by atomic mass is 10.1. The van der Waals surface area contributed by atoms with E-state index in [2.05, 4.69) is 10.3 Å². The molecule has 2 amide bonds. The molecular formula is C21H26N4O3. The molecule has 7 heteroatoms. The fraction of sp³-hybridized carbons (Fsp3) is 0.476. The van der Waals surface area contributed by atoms with Gasteiger partial charge in [-0.3, -0.25) is 9.59 Å². The Kier molecular flexibility index (Phi) is 5.17. The highest BCUT2D eigenvalue weighted by molar-refractivity contribution is 6.04. The van der Waals surface area contributed by atoms with Crippen molar-refractivity contribution in [2.24, 2.45) is 0 Å². The van der Waals surface area contributed by atoms with Crippen LogP contribution in [-0.2, 0) is 17.7 Å². The third-order valence-electron chi connectivity index (χ3n) is 5.46. The summed E-state index contributed by atoms with van der Waals surface area (Å²) in [5.74, 6) is -0.0372. The Morgan fingerprint density at radius 1 is 1.11 bits per heavy atom. The third kappa shape index (κ3) is 3.54. The Bertz CT molecular complexity index is 913. The standard InChI is InChI=1S/C21H26N4O3/c1-14-6-7-15(2)16(13-14)22-20(26)19-23-18(17-5-3-4-8-25(17)19)21(27)24-9-11-28-12-10-24/h6-7,13H,3-5,8-12H2,1-2H3,(H,22,26). The molecule has 2 aromatic rings. The zero-order valence-electron chi connectivity index (χ0n) is 16.5. The Hall–Kier alpha value is -2.67. The molecule has 0 unspecified atom stereocenters. The van der Waals surface area contributed by atoms with Gasteiger partial charge < -0.3 is 19.5 Å². The van der Waals surface area contributed by atoms with Gasteiger partial charge in [0.15, 0.2) is 5.82 Å². The number of nitrogens with one attached hydrogen (secondary N) is 1. The highest BCUT2D eigenvalue weighted by Crippen LogP contribution is 2.24. The van der Waals surface area contributed by atoms with E-state index in [4.69, 9.17) is 4.74 Å². The molecule has 0 atom stereocenters. The van der Waals surface area contributed by atoms with Crippen molar-refractivity contribution in [2.75, 3.05) is 31.6 Å². The molecule has 1 fully saturated rings. The maximum atomic E-state index is 13.0. The van der Waals surface area contributed by atoms with E-state index in [1.165, 1.54) is 0 Å². The van der Waals surface area contributed by atoms with Gasteiger partial charge in [-0.1, -0.05) is 12.1 Å². The average molecular weight is 382 g/mol. The number of hydrogen-bond acceptors (Lipinski definition) is 4. The fourth-order valence-corrected chi connectivity index (χ4v) is 3.85. The number of amides is 2. The monoisotopic (exact) mass is 382 g/mol. The molecule has 1 aromatic heterocycles. The van der Waals surface area contributed by atoms with E-state index in [9.17, 15) is 9.59 Å². The maximum Gasteiger partial charge on any atom is 0.291 e. The summed E-state index contributed by atoms with van der Waals surface area (Å²) in [6.07, 6.45) is 2.76. The van der Waals surface area contributed by atoms with Crippen LogP contribution < -0.4 is 5.32 Å². The van der Waals surface area contributed by atoms with Gasteiger partial charge in [0.25, 0.3) is 11.8 Å². The highest BCUT2D eigenvalue weighted by atomic mass is 16.5. The number of aromatic nitrogens is 2. The lowest BCUT2D eigenvalue weighted by molar-refractivity contribution is 0.0298. The normalized spacial score (nSPS) is 16.6. The molecule has 7 nitrogen and oxygen atoms in total. The first-order valence-electron chi connectivity index (χ1n) is 9.89. The number of benzene rings is 1. The summed E-state index contributed by atoms with van der Waals surface area (Å²) < 4.78 is 7.27. The van der Waals surface area contributed by atoms with Crippen molar-refractivity contribution in [1.29, 1.82) is 0 Å². The van der Waals surface area contributed by atoms with Gasteiger partial charge in [0, 0.05) is 25.3 Å². The van der Waals surface area contributed by atoms with Crippen LogP contribution in [0.1, 0.15) is 50.8 Å². The SMILES string of the molecule is Cc1ccc(C)c(NC(=O)c2nc(C(=O)N3CCOCC3)c3n2CCCC3)c1. The summed E-state index contributed by atoms with van der Waals surface area (Å²) in [7, 11) is 0. The van der Waals surface area contributed by atoms with Crippen molar-refractivity contribution in [1.82, 2.24) is 14.5 Å². The molecule has 2 aliphatic heterocycles. The number of rotatable bonds is 3. The van der Waals surface area contributed by atoms with Gasteiger partial charge in [0.2, 0.25) is 0 Å². The average Bonchev–Trinajstić information content (AvgIpc) is 3.11. The summed E-state index contributed by atoms with van der Waals surface area (Å²) in [5.41, 5.74) is 4.16. The van der Waals surface area contributed by atoms with Gasteiger partial charge in [-0.2, -0.15) is 0 Å². The van der Waals surface area contributed by atoms with E-state index in [1.807, 2.05) is 36.6 Å². The zero-order chi connectivity index (χ0) is 19.7. The molecule has 3 heterocycles. The number of morpholine rings is 1. The Labute approximate surface area is 164 Å². The fourth-order valence-electron chi connectivity index (χ4n) is 3.85. The number of anilines is 1. The van der Waals surface area contributed by atoms with Crippen molar-refractivity contribution in [3.05, 3.63) is 46.5 Å². The van der Waals surface area contributed by atoms with Gasteiger partial charge in [-0.05, 0) is 50.3 Å². The van der Waals surface area contributed by atoms with Crippen molar-refractivity contribution < 1.29 is 14.3 Å². The number of aryl methyl sites for hydroxylation is 2. The van der Waals surface area contributed by atoms with Crippen LogP contribution in [0.25, 0.3) is 0 Å². The molecule has 4 rings (SSSR count). The number of imidazole rings is 1. The van der Waals surface area contributed by atoms with Gasteiger partial charge in [0.1, 0.15) is 5.69 Å². The van der Waals surface area contributed by atoms with E-state index in [0.717, 1.165) is 41.8 Å². The second-order valence-electron chi connectivity index (χ2n) is 7.52. The summed E-state index contributed by atoms with van der Waals surface area (Å²) in [5, 5.41) is 2.98. The number of carbonyl (C=O) groups excluding carboxylic acids is 2. The smallest absolute Gasteiger partial charge is 0.291 e. The molecule has 0 radical (unpaired) electrons. The van der Waals surface area contributed by atoms with Crippen LogP contribution in [0.4, 0.5) is 5.69 Å². The number of hydrogen-bond donors (Lipinski definition) is 1. The van der Waals surface area contributed by atoms with E-state index >= 15 is 0 Å². The first-order valence-corrected chi connectivity index (χ1v) is 9.89. The molecule has 0 aliphatic carbocycles. The van der Waals surface area contributed by atoms with Crippen molar-refractivity contribution in [2.45, 2.75) is 39.7 Å².